The van der Waals surface area contributed by atoms with Gasteiger partial charge in [-0.15, -0.1) is 0 Å². The summed E-state index contributed by atoms with van der Waals surface area (Å²) in [5.74, 6) is -0.925. The second-order valence-corrected chi connectivity index (χ2v) is 12.2. The first-order valence-corrected chi connectivity index (χ1v) is 15.4. The first-order chi connectivity index (χ1) is 22.1. The van der Waals surface area contributed by atoms with Gasteiger partial charge in [-0.25, -0.2) is 9.59 Å². The van der Waals surface area contributed by atoms with Gasteiger partial charge in [0.15, 0.2) is 0 Å². The minimum atomic E-state index is -1.01. The van der Waals surface area contributed by atoms with E-state index in [-0.39, 0.29) is 19.1 Å². The SMILES string of the molecule is COC(=O)c1ccccc1CCc1ccccc1NC(=O)[C@H](COC(C)(C)C)NC(=O)OCC1c2ccccc2-c2ccccc21. The Kier molecular flexibility index (Phi) is 10.2. The molecule has 0 saturated carbocycles. The summed E-state index contributed by atoms with van der Waals surface area (Å²) < 4.78 is 16.6. The zero-order valence-electron chi connectivity index (χ0n) is 26.7. The van der Waals surface area contributed by atoms with Crippen molar-refractivity contribution in [1.29, 1.82) is 0 Å². The second-order valence-electron chi connectivity index (χ2n) is 12.2. The number of alkyl carbamates (subject to hydrolysis) is 1. The van der Waals surface area contributed by atoms with Crippen LogP contribution in [-0.2, 0) is 31.8 Å². The molecule has 1 aliphatic carbocycles. The molecule has 1 atom stereocenters. The van der Waals surface area contributed by atoms with E-state index >= 15 is 0 Å². The van der Waals surface area contributed by atoms with Crippen molar-refractivity contribution in [2.24, 2.45) is 0 Å². The van der Waals surface area contributed by atoms with Crippen LogP contribution in [0.15, 0.2) is 97.1 Å². The topological polar surface area (TPSA) is 103 Å². The van der Waals surface area contributed by atoms with Gasteiger partial charge in [0.1, 0.15) is 12.6 Å². The van der Waals surface area contributed by atoms with Crippen molar-refractivity contribution in [1.82, 2.24) is 5.32 Å². The molecule has 238 valence electrons. The van der Waals surface area contributed by atoms with Crippen LogP contribution >= 0.6 is 0 Å². The summed E-state index contributed by atoms with van der Waals surface area (Å²) in [5, 5.41) is 5.72. The maximum atomic E-state index is 13.6. The fourth-order valence-electron chi connectivity index (χ4n) is 5.70. The predicted molar refractivity (Wildman–Crippen MR) is 178 cm³/mol. The Balaban J connectivity index is 1.26. The highest BCUT2D eigenvalue weighted by Crippen LogP contribution is 2.44. The molecule has 8 nitrogen and oxygen atoms in total. The van der Waals surface area contributed by atoms with Crippen LogP contribution in [0.2, 0.25) is 0 Å². The maximum Gasteiger partial charge on any atom is 0.407 e. The summed E-state index contributed by atoms with van der Waals surface area (Å²) in [6, 6.07) is 30.0. The lowest BCUT2D eigenvalue weighted by Crippen LogP contribution is -2.48. The number of hydrogen-bond donors (Lipinski definition) is 2. The summed E-state index contributed by atoms with van der Waals surface area (Å²) >= 11 is 0. The number of fused-ring (bicyclic) bond motifs is 3. The van der Waals surface area contributed by atoms with E-state index in [4.69, 9.17) is 14.2 Å². The van der Waals surface area contributed by atoms with Crippen LogP contribution in [-0.4, -0.2) is 49.9 Å². The van der Waals surface area contributed by atoms with Crippen LogP contribution in [0.4, 0.5) is 10.5 Å². The molecule has 0 saturated heterocycles. The molecule has 46 heavy (non-hydrogen) atoms. The number of carbonyl (C=O) groups excluding carboxylic acids is 3. The number of hydrogen-bond acceptors (Lipinski definition) is 6. The molecule has 1 aliphatic rings. The summed E-state index contributed by atoms with van der Waals surface area (Å²) in [7, 11) is 1.36. The molecule has 0 unspecified atom stereocenters. The van der Waals surface area contributed by atoms with Gasteiger partial charge in [-0.1, -0.05) is 84.9 Å². The number of methoxy groups -OCH3 is 1. The Bertz CT molecular complexity index is 1660. The zero-order valence-corrected chi connectivity index (χ0v) is 26.7. The number of ether oxygens (including phenoxy) is 3. The normalized spacial score (nSPS) is 12.9. The fraction of sp³-hybridized carbons (Fsp3) is 0.289. The zero-order chi connectivity index (χ0) is 32.7. The summed E-state index contributed by atoms with van der Waals surface area (Å²) in [4.78, 5) is 39.0. The molecule has 4 aromatic carbocycles. The van der Waals surface area contributed by atoms with E-state index in [0.29, 0.717) is 24.1 Å². The number of anilines is 1. The summed E-state index contributed by atoms with van der Waals surface area (Å²) in [5.41, 5.74) is 6.80. The van der Waals surface area contributed by atoms with E-state index in [2.05, 4.69) is 34.9 Å². The summed E-state index contributed by atoms with van der Waals surface area (Å²) in [6.07, 6.45) is 0.424. The van der Waals surface area contributed by atoms with E-state index < -0.39 is 29.6 Å². The van der Waals surface area contributed by atoms with Gasteiger partial charge in [0.05, 0.1) is 24.9 Å². The van der Waals surface area contributed by atoms with Gasteiger partial charge >= 0.3 is 12.1 Å². The molecule has 0 heterocycles. The van der Waals surface area contributed by atoms with Gasteiger partial charge in [-0.3, -0.25) is 4.79 Å². The molecule has 0 aromatic heterocycles. The standard InChI is InChI=1S/C38H40N2O6/c1-38(2,3)46-24-34(40-37(43)45-23-32-30-18-10-8-16-28(30)29-17-9-11-19-31(29)32)35(41)39-33-20-12-6-14-26(33)22-21-25-13-5-7-15-27(25)36(42)44-4/h5-20,32,34H,21-24H2,1-4H3,(H,39,41)(H,40,43)/t34-/m0/s1. The highest BCUT2D eigenvalue weighted by molar-refractivity contribution is 5.97. The molecule has 0 spiro atoms. The van der Waals surface area contributed by atoms with Crippen LogP contribution in [0.5, 0.6) is 0 Å². The van der Waals surface area contributed by atoms with Crippen molar-refractivity contribution in [3.63, 3.8) is 0 Å². The lowest BCUT2D eigenvalue weighted by molar-refractivity contribution is -0.121. The minimum absolute atomic E-state index is 0.0474. The molecule has 4 aromatic rings. The van der Waals surface area contributed by atoms with Gasteiger partial charge < -0.3 is 24.8 Å². The highest BCUT2D eigenvalue weighted by atomic mass is 16.6. The van der Waals surface area contributed by atoms with Crippen molar-refractivity contribution in [2.45, 2.75) is 51.2 Å². The number of benzene rings is 4. The smallest absolute Gasteiger partial charge is 0.407 e. The molecule has 0 bridgehead atoms. The van der Waals surface area contributed by atoms with Crippen LogP contribution in [0, 0.1) is 0 Å². The van der Waals surface area contributed by atoms with Gasteiger partial charge in [0.25, 0.3) is 0 Å². The van der Waals surface area contributed by atoms with Gasteiger partial charge in [-0.2, -0.15) is 0 Å². The minimum Gasteiger partial charge on any atom is -0.465 e. The lowest BCUT2D eigenvalue weighted by atomic mass is 9.98. The lowest BCUT2D eigenvalue weighted by Gasteiger charge is -2.25. The molecule has 0 fully saturated rings. The van der Waals surface area contributed by atoms with Gasteiger partial charge in [0.2, 0.25) is 5.91 Å². The molecular weight excluding hydrogens is 580 g/mol. The number of nitrogens with one attached hydrogen (secondary N) is 2. The Labute approximate surface area is 270 Å². The predicted octanol–water partition coefficient (Wildman–Crippen LogP) is 6.92. The number of amides is 2. The Morgan fingerprint density at radius 3 is 1.98 bits per heavy atom. The third-order valence-corrected chi connectivity index (χ3v) is 8.00. The van der Waals surface area contributed by atoms with Crippen LogP contribution in [0.3, 0.4) is 0 Å². The molecular formula is C38H40N2O6. The molecule has 0 aliphatic heterocycles. The summed E-state index contributed by atoms with van der Waals surface area (Å²) in [6.45, 7) is 5.74. The van der Waals surface area contributed by atoms with Gasteiger partial charge in [0, 0.05) is 11.6 Å². The Morgan fingerprint density at radius 2 is 1.33 bits per heavy atom. The van der Waals surface area contributed by atoms with Crippen molar-refractivity contribution in [3.8, 4) is 11.1 Å². The Hall–Kier alpha value is -4.95. The maximum absolute atomic E-state index is 13.6. The number of carbonyl (C=O) groups is 3. The first-order valence-electron chi connectivity index (χ1n) is 15.4. The third-order valence-electron chi connectivity index (χ3n) is 8.00. The van der Waals surface area contributed by atoms with Crippen molar-refractivity contribution in [2.75, 3.05) is 25.6 Å². The van der Waals surface area contributed by atoms with E-state index in [1.807, 2.05) is 81.4 Å². The van der Waals surface area contributed by atoms with E-state index in [1.54, 1.807) is 12.1 Å². The number of rotatable bonds is 11. The molecule has 2 N–H and O–H groups in total. The monoisotopic (exact) mass is 620 g/mol. The van der Waals surface area contributed by atoms with E-state index in [1.165, 1.54) is 7.11 Å². The van der Waals surface area contributed by atoms with E-state index in [0.717, 1.165) is 33.4 Å². The van der Waals surface area contributed by atoms with Crippen LogP contribution in [0.1, 0.15) is 59.3 Å². The average molecular weight is 621 g/mol. The largest absolute Gasteiger partial charge is 0.465 e. The highest BCUT2D eigenvalue weighted by Gasteiger charge is 2.30. The number of para-hydroxylation sites is 1. The average Bonchev–Trinajstić information content (AvgIpc) is 3.38. The van der Waals surface area contributed by atoms with Crippen molar-refractivity contribution in [3.05, 3.63) is 125 Å². The second kappa shape index (κ2) is 14.4. The fourth-order valence-corrected chi connectivity index (χ4v) is 5.70. The van der Waals surface area contributed by atoms with E-state index in [9.17, 15) is 14.4 Å². The van der Waals surface area contributed by atoms with Crippen LogP contribution < -0.4 is 10.6 Å². The molecule has 2 amide bonds. The molecule has 0 radical (unpaired) electrons. The van der Waals surface area contributed by atoms with Gasteiger partial charge in [-0.05, 0) is 79.1 Å². The quantitative estimate of drug-likeness (QED) is 0.177. The molecule has 8 heteroatoms. The molecule has 5 rings (SSSR count). The van der Waals surface area contributed by atoms with Crippen molar-refractivity contribution < 1.29 is 28.6 Å². The number of aryl methyl sites for hydroxylation is 2. The Morgan fingerprint density at radius 1 is 0.761 bits per heavy atom. The van der Waals surface area contributed by atoms with Crippen LogP contribution in [0.25, 0.3) is 11.1 Å². The first kappa shape index (κ1) is 32.4. The third kappa shape index (κ3) is 7.82. The number of esters is 1. The van der Waals surface area contributed by atoms with Crippen molar-refractivity contribution >= 4 is 23.7 Å².